The van der Waals surface area contributed by atoms with Crippen LogP contribution in [0.1, 0.15) is 52.8 Å². The Bertz CT molecular complexity index is 1380. The second-order valence-corrected chi connectivity index (χ2v) is 11.5. The van der Waals surface area contributed by atoms with Gasteiger partial charge in [0, 0.05) is 50.9 Å². The Kier molecular flexibility index (Phi) is 9.22. The average molecular weight is 621 g/mol. The Hall–Kier alpha value is -4.16. The summed E-state index contributed by atoms with van der Waals surface area (Å²) in [6, 6.07) is 6.62. The van der Waals surface area contributed by atoms with Crippen LogP contribution in [-0.4, -0.2) is 113 Å². The molecule has 0 N–H and O–H groups in total. The number of fused-ring (bicyclic) bond motifs is 4. The maximum absolute atomic E-state index is 13.4. The molecule has 4 heterocycles. The van der Waals surface area contributed by atoms with Crippen molar-refractivity contribution in [3.8, 4) is 23.0 Å². The van der Waals surface area contributed by atoms with Crippen LogP contribution in [0.3, 0.4) is 0 Å². The third-order valence-electron chi connectivity index (χ3n) is 8.95. The Morgan fingerprint density at radius 2 is 1.04 bits per heavy atom. The number of piperidine rings is 2. The molecule has 0 aromatic heterocycles. The molecular formula is C33H40N4O8. The first-order chi connectivity index (χ1) is 21.9. The van der Waals surface area contributed by atoms with Crippen molar-refractivity contribution in [3.05, 3.63) is 35.4 Å². The van der Waals surface area contributed by atoms with E-state index in [2.05, 4.69) is 9.98 Å². The number of hydrogen-bond acceptors (Lipinski definition) is 10. The Balaban J connectivity index is 0.969. The smallest absolute Gasteiger partial charge is 0.256 e. The van der Waals surface area contributed by atoms with Gasteiger partial charge < -0.3 is 38.2 Å². The molecule has 0 radical (unpaired) electrons. The largest absolute Gasteiger partial charge is 0.493 e. The van der Waals surface area contributed by atoms with Crippen molar-refractivity contribution in [1.29, 1.82) is 0 Å². The number of amides is 2. The molecule has 4 atom stereocenters. The van der Waals surface area contributed by atoms with E-state index in [9.17, 15) is 9.59 Å². The Morgan fingerprint density at radius 1 is 0.644 bits per heavy atom. The first-order valence-electron chi connectivity index (χ1n) is 15.4. The summed E-state index contributed by atoms with van der Waals surface area (Å²) in [6.07, 6.45) is 7.39. The molecule has 0 spiro atoms. The minimum atomic E-state index is -0.140. The molecule has 0 aliphatic carbocycles. The number of rotatable bonds is 10. The molecule has 45 heavy (non-hydrogen) atoms. The topological polar surface area (TPSA) is 121 Å². The van der Waals surface area contributed by atoms with E-state index in [0.29, 0.717) is 84.6 Å². The molecule has 240 valence electrons. The maximum atomic E-state index is 13.4. The number of hydrogen-bond donors (Lipinski definition) is 0. The van der Waals surface area contributed by atoms with Crippen LogP contribution in [0.2, 0.25) is 0 Å². The van der Waals surface area contributed by atoms with Crippen LogP contribution in [0.15, 0.2) is 34.3 Å². The SMILES string of the molecule is COc1cc2c(cc1OC)C(=O)N1CCC(OCCCO[C@@H]3CCN4C(=O)c5cc(OC)c(OC)cc5N=C[C@@H]4C3)C[C@H]1C=N2. The van der Waals surface area contributed by atoms with Crippen molar-refractivity contribution in [2.24, 2.45) is 9.98 Å². The van der Waals surface area contributed by atoms with Crippen LogP contribution in [0, 0.1) is 0 Å². The van der Waals surface area contributed by atoms with Gasteiger partial charge in [0.1, 0.15) is 0 Å². The minimum Gasteiger partial charge on any atom is -0.493 e. The fraction of sp³-hybridized carbons (Fsp3) is 0.515. The summed E-state index contributed by atoms with van der Waals surface area (Å²) in [5, 5.41) is 0. The molecule has 0 saturated carbocycles. The van der Waals surface area contributed by atoms with Gasteiger partial charge in [0.05, 0.1) is 75.2 Å². The Labute approximate surface area is 262 Å². The molecule has 2 aromatic carbocycles. The zero-order valence-corrected chi connectivity index (χ0v) is 26.2. The number of carbonyl (C=O) groups is 2. The van der Waals surface area contributed by atoms with Gasteiger partial charge in [-0.25, -0.2) is 0 Å². The van der Waals surface area contributed by atoms with Gasteiger partial charge in [0.15, 0.2) is 23.0 Å². The molecule has 4 aliphatic heterocycles. The molecule has 2 fully saturated rings. The summed E-state index contributed by atoms with van der Waals surface area (Å²) in [6.45, 7) is 2.32. The molecule has 2 saturated heterocycles. The van der Waals surface area contributed by atoms with Crippen molar-refractivity contribution in [3.63, 3.8) is 0 Å². The van der Waals surface area contributed by atoms with Crippen LogP contribution in [0.25, 0.3) is 0 Å². The quantitative estimate of drug-likeness (QED) is 0.362. The van der Waals surface area contributed by atoms with E-state index in [1.807, 2.05) is 22.2 Å². The predicted molar refractivity (Wildman–Crippen MR) is 168 cm³/mol. The summed E-state index contributed by atoms with van der Waals surface area (Å²) in [7, 11) is 6.24. The van der Waals surface area contributed by atoms with Crippen LogP contribution in [0.4, 0.5) is 11.4 Å². The molecule has 12 nitrogen and oxygen atoms in total. The lowest BCUT2D eigenvalue weighted by molar-refractivity contribution is -0.0270. The summed E-state index contributed by atoms with van der Waals surface area (Å²) < 4.78 is 34.0. The van der Waals surface area contributed by atoms with E-state index < -0.39 is 0 Å². The number of benzene rings is 2. The lowest BCUT2D eigenvalue weighted by Crippen LogP contribution is -2.48. The number of carbonyl (C=O) groups excluding carboxylic acids is 2. The Morgan fingerprint density at radius 3 is 1.44 bits per heavy atom. The van der Waals surface area contributed by atoms with Gasteiger partial charge in [-0.1, -0.05) is 0 Å². The van der Waals surface area contributed by atoms with Crippen molar-refractivity contribution < 1.29 is 38.0 Å². The molecule has 1 unspecified atom stereocenters. The highest BCUT2D eigenvalue weighted by Crippen LogP contribution is 2.39. The number of ether oxygens (including phenoxy) is 6. The first kappa shape index (κ1) is 30.8. The van der Waals surface area contributed by atoms with Gasteiger partial charge in [0.2, 0.25) is 0 Å². The summed E-state index contributed by atoms with van der Waals surface area (Å²) in [5.74, 6) is 1.97. The zero-order chi connectivity index (χ0) is 31.5. The van der Waals surface area contributed by atoms with Gasteiger partial charge >= 0.3 is 0 Å². The van der Waals surface area contributed by atoms with E-state index in [0.717, 1.165) is 19.3 Å². The molecule has 2 aromatic rings. The highest BCUT2D eigenvalue weighted by molar-refractivity contribution is 6.04. The summed E-state index contributed by atoms with van der Waals surface area (Å²) in [4.78, 5) is 39.7. The third kappa shape index (κ3) is 6.21. The second kappa shape index (κ2) is 13.5. The van der Waals surface area contributed by atoms with Crippen molar-refractivity contribution in [2.75, 3.05) is 54.7 Å². The molecular weight excluding hydrogens is 580 g/mol. The van der Waals surface area contributed by atoms with E-state index in [4.69, 9.17) is 28.4 Å². The lowest BCUT2D eigenvalue weighted by atomic mass is 9.99. The van der Waals surface area contributed by atoms with Gasteiger partial charge in [-0.05, 0) is 44.2 Å². The molecule has 2 amide bonds. The fourth-order valence-electron chi connectivity index (χ4n) is 6.51. The second-order valence-electron chi connectivity index (χ2n) is 11.5. The van der Waals surface area contributed by atoms with Crippen LogP contribution < -0.4 is 18.9 Å². The van der Waals surface area contributed by atoms with Crippen LogP contribution >= 0.6 is 0 Å². The normalized spacial score (nSPS) is 23.7. The highest BCUT2D eigenvalue weighted by atomic mass is 16.5. The van der Waals surface area contributed by atoms with Crippen LogP contribution in [0.5, 0.6) is 23.0 Å². The average Bonchev–Trinajstić information content (AvgIpc) is 3.29. The predicted octanol–water partition coefficient (Wildman–Crippen LogP) is 4.22. The maximum Gasteiger partial charge on any atom is 0.256 e. The molecule has 6 rings (SSSR count). The van der Waals surface area contributed by atoms with Gasteiger partial charge in [0.25, 0.3) is 11.8 Å². The third-order valence-corrected chi connectivity index (χ3v) is 8.95. The molecule has 0 bridgehead atoms. The number of methoxy groups -OCH3 is 4. The monoisotopic (exact) mass is 620 g/mol. The molecule has 4 aliphatic rings. The van der Waals surface area contributed by atoms with E-state index >= 15 is 0 Å². The van der Waals surface area contributed by atoms with Crippen molar-refractivity contribution in [1.82, 2.24) is 9.80 Å². The minimum absolute atomic E-state index is 0.0334. The van der Waals surface area contributed by atoms with E-state index in [1.54, 1.807) is 52.7 Å². The standard InChI is InChI=1S/C33H40N4O8/c1-40-28-14-24-26(16-30(28)42-3)34-18-20-12-22(6-8-36(20)32(24)38)44-10-5-11-45-23-7-9-37-21(13-23)19-35-27-17-31(43-4)29(41-2)15-25(27)33(37)39/h14-23H,5-13H2,1-4H3/t20-,21-,22+,23?/m0/s1. The molecule has 12 heteroatoms. The van der Waals surface area contributed by atoms with Crippen molar-refractivity contribution in [2.45, 2.75) is 56.4 Å². The van der Waals surface area contributed by atoms with E-state index in [1.165, 1.54) is 0 Å². The highest BCUT2D eigenvalue weighted by Gasteiger charge is 2.36. The lowest BCUT2D eigenvalue weighted by Gasteiger charge is -2.37. The van der Waals surface area contributed by atoms with Crippen LogP contribution in [-0.2, 0) is 9.47 Å². The number of nitrogens with zero attached hydrogens (tertiary/aromatic N) is 4. The van der Waals surface area contributed by atoms with E-state index in [-0.39, 0.29) is 36.1 Å². The van der Waals surface area contributed by atoms with Gasteiger partial charge in [-0.15, -0.1) is 0 Å². The summed E-state index contributed by atoms with van der Waals surface area (Å²) in [5.41, 5.74) is 2.19. The fourth-order valence-corrected chi connectivity index (χ4v) is 6.51. The van der Waals surface area contributed by atoms with Gasteiger partial charge in [-0.2, -0.15) is 0 Å². The van der Waals surface area contributed by atoms with Gasteiger partial charge in [-0.3, -0.25) is 19.6 Å². The number of aliphatic imine (C=N–C) groups is 2. The van der Waals surface area contributed by atoms with Crippen molar-refractivity contribution >= 4 is 35.6 Å². The zero-order valence-electron chi connectivity index (χ0n) is 26.2. The first-order valence-corrected chi connectivity index (χ1v) is 15.4. The summed E-state index contributed by atoms with van der Waals surface area (Å²) >= 11 is 0.